The van der Waals surface area contributed by atoms with Gasteiger partial charge in [-0.2, -0.15) is 8.42 Å². The van der Waals surface area contributed by atoms with Crippen LogP contribution in [0.4, 0.5) is 0 Å². The third kappa shape index (κ3) is 40.8. The minimum absolute atomic E-state index is 0.226. The van der Waals surface area contributed by atoms with Crippen LogP contribution in [0.25, 0.3) is 0 Å². The Morgan fingerprint density at radius 1 is 0.569 bits per heavy atom. The molecule has 1 rings (SSSR count). The zero-order valence-corrected chi connectivity index (χ0v) is 47.1. The first kappa shape index (κ1) is 68.6. The molecule has 0 spiro atoms. The van der Waals surface area contributed by atoms with Gasteiger partial charge in [0.1, 0.15) is 24.4 Å². The Morgan fingerprint density at radius 3 is 1.39 bits per heavy atom. The van der Waals surface area contributed by atoms with Crippen molar-refractivity contribution in [1.29, 1.82) is 0 Å². The maximum Gasteiger partial charge on any atom is 0.397 e. The van der Waals surface area contributed by atoms with E-state index in [-0.39, 0.29) is 12.5 Å². The summed E-state index contributed by atoms with van der Waals surface area (Å²) < 4.78 is 48.0. The van der Waals surface area contributed by atoms with Gasteiger partial charge in [0.25, 0.3) is 0 Å². The average Bonchev–Trinajstić information content (AvgIpc) is 3.36. The van der Waals surface area contributed by atoms with E-state index in [4.69, 9.17) is 9.47 Å². The maximum absolute atomic E-state index is 13.2. The van der Waals surface area contributed by atoms with Gasteiger partial charge in [0.15, 0.2) is 6.29 Å². The molecule has 13 heteroatoms. The van der Waals surface area contributed by atoms with Crippen LogP contribution in [0.3, 0.4) is 0 Å². The van der Waals surface area contributed by atoms with Crippen molar-refractivity contribution < 1.29 is 51.8 Å². The largest absolute Gasteiger partial charge is 0.397 e. The number of ether oxygens (including phenoxy) is 2. The molecular formula is C59H113NO11S. The van der Waals surface area contributed by atoms with E-state index in [0.717, 1.165) is 64.2 Å². The van der Waals surface area contributed by atoms with Gasteiger partial charge in [0.05, 0.1) is 25.4 Å². The van der Waals surface area contributed by atoms with Crippen LogP contribution in [0.15, 0.2) is 24.3 Å². The summed E-state index contributed by atoms with van der Waals surface area (Å²) >= 11 is 0. The SMILES string of the molecule is CC/C=C\C/C=C\CCCCCCCCCCCCCCCCC(=O)NC(COC1OC(CO)C(O)C(OS(=O)(=O)O)C1O)C(O)CCCCCCCCCCCCCCCCCCCCCCCCCC. The first-order chi connectivity index (χ1) is 35.0. The molecule has 0 bridgehead atoms. The van der Waals surface area contributed by atoms with E-state index in [9.17, 15) is 38.2 Å². The zero-order valence-electron chi connectivity index (χ0n) is 46.3. The molecule has 7 atom stereocenters. The van der Waals surface area contributed by atoms with Crippen molar-refractivity contribution in [1.82, 2.24) is 5.32 Å². The van der Waals surface area contributed by atoms with Crippen molar-refractivity contribution in [2.24, 2.45) is 0 Å². The standard InChI is InChI=1S/C59H113NO11S/c1-3-5-7-9-11-13-15-17-19-21-23-25-26-27-29-30-32-34-36-38-40-42-44-46-48-53(62)52(51-69-59-57(65)58(71-72(66,67)68)56(64)54(50-61)70-59)60-55(63)49-47-45-43-41-39-37-35-33-31-28-24-22-20-18-16-14-12-10-8-6-4-2/h6,8,12,14,52-54,56-59,61-62,64-65H,3-5,7,9-11,13,15-51H2,1-2H3,(H,60,63)(H,66,67,68)/b8-6-,14-12-. The van der Waals surface area contributed by atoms with E-state index in [0.29, 0.717) is 12.8 Å². The minimum Gasteiger partial charge on any atom is -0.394 e. The fourth-order valence-corrected chi connectivity index (χ4v) is 10.4. The molecule has 1 fully saturated rings. The highest BCUT2D eigenvalue weighted by Gasteiger charge is 2.48. The van der Waals surface area contributed by atoms with Gasteiger partial charge in [-0.15, -0.1) is 0 Å². The van der Waals surface area contributed by atoms with Gasteiger partial charge in [-0.05, 0) is 38.5 Å². The number of aliphatic hydroxyl groups is 4. The lowest BCUT2D eigenvalue weighted by Gasteiger charge is -2.41. The maximum atomic E-state index is 13.2. The summed E-state index contributed by atoms with van der Waals surface area (Å²) in [5, 5.41) is 45.2. The molecule has 6 N–H and O–H groups in total. The number of hydrogen-bond donors (Lipinski definition) is 6. The smallest absolute Gasteiger partial charge is 0.394 e. The number of allylic oxidation sites excluding steroid dienone is 4. The first-order valence-corrected chi connectivity index (χ1v) is 31.6. The van der Waals surface area contributed by atoms with Crippen LogP contribution in [0.1, 0.15) is 290 Å². The molecule has 1 heterocycles. The van der Waals surface area contributed by atoms with E-state index in [1.165, 1.54) is 199 Å². The molecule has 0 aromatic rings. The molecule has 1 aliphatic heterocycles. The first-order valence-electron chi connectivity index (χ1n) is 30.2. The van der Waals surface area contributed by atoms with Crippen molar-refractivity contribution in [3.8, 4) is 0 Å². The molecule has 0 radical (unpaired) electrons. The molecule has 0 saturated carbocycles. The van der Waals surface area contributed by atoms with E-state index >= 15 is 0 Å². The van der Waals surface area contributed by atoms with Crippen molar-refractivity contribution in [2.45, 2.75) is 333 Å². The molecule has 1 amide bonds. The fourth-order valence-electron chi connectivity index (χ4n) is 9.91. The third-order valence-electron chi connectivity index (χ3n) is 14.5. The second-order valence-electron chi connectivity index (χ2n) is 21.3. The van der Waals surface area contributed by atoms with Crippen molar-refractivity contribution in [2.75, 3.05) is 13.2 Å². The second kappa shape index (κ2) is 49.2. The van der Waals surface area contributed by atoms with E-state index in [1.807, 2.05) is 0 Å². The predicted octanol–water partition coefficient (Wildman–Crippen LogP) is 14.4. The third-order valence-corrected chi connectivity index (χ3v) is 15.0. The van der Waals surface area contributed by atoms with Gasteiger partial charge in [-0.25, -0.2) is 4.18 Å². The highest BCUT2D eigenvalue weighted by atomic mass is 32.3. The zero-order chi connectivity index (χ0) is 52.6. The molecule has 7 unspecified atom stereocenters. The van der Waals surface area contributed by atoms with Crippen LogP contribution in [-0.2, 0) is 28.9 Å². The summed E-state index contributed by atoms with van der Waals surface area (Å²) in [5.41, 5.74) is 0. The number of aliphatic hydroxyl groups excluding tert-OH is 4. The fraction of sp³-hybridized carbons (Fsp3) is 0.915. The molecule has 72 heavy (non-hydrogen) atoms. The van der Waals surface area contributed by atoms with Gasteiger partial charge in [0, 0.05) is 6.42 Å². The molecule has 1 aliphatic rings. The van der Waals surface area contributed by atoms with Crippen LogP contribution in [0.2, 0.25) is 0 Å². The van der Waals surface area contributed by atoms with Crippen molar-refractivity contribution in [3.05, 3.63) is 24.3 Å². The molecule has 12 nitrogen and oxygen atoms in total. The molecular weight excluding hydrogens is 931 g/mol. The number of nitrogens with one attached hydrogen (secondary N) is 1. The number of hydrogen-bond acceptors (Lipinski definition) is 10. The van der Waals surface area contributed by atoms with Gasteiger partial charge in [-0.1, -0.05) is 269 Å². The van der Waals surface area contributed by atoms with Gasteiger partial charge < -0.3 is 35.2 Å². The summed E-state index contributed by atoms with van der Waals surface area (Å²) in [5.74, 6) is -0.226. The summed E-state index contributed by atoms with van der Waals surface area (Å²) in [4.78, 5) is 13.2. The van der Waals surface area contributed by atoms with Crippen LogP contribution in [0.5, 0.6) is 0 Å². The number of rotatable bonds is 53. The Bertz CT molecular complexity index is 1370. The monoisotopic (exact) mass is 1040 g/mol. The van der Waals surface area contributed by atoms with Crippen molar-refractivity contribution >= 4 is 16.3 Å². The Kier molecular flexibility index (Phi) is 46.8. The number of unbranched alkanes of at least 4 members (excludes halogenated alkanes) is 37. The molecule has 0 aromatic heterocycles. The number of carbonyl (C=O) groups is 1. The lowest BCUT2D eigenvalue weighted by atomic mass is 9.99. The lowest BCUT2D eigenvalue weighted by Crippen LogP contribution is -2.61. The summed E-state index contributed by atoms with van der Waals surface area (Å²) in [6, 6.07) is -0.858. The average molecular weight is 1040 g/mol. The van der Waals surface area contributed by atoms with Crippen LogP contribution < -0.4 is 5.32 Å². The predicted molar refractivity (Wildman–Crippen MR) is 296 cm³/mol. The van der Waals surface area contributed by atoms with E-state index < -0.39 is 59.9 Å². The Morgan fingerprint density at radius 2 is 0.972 bits per heavy atom. The van der Waals surface area contributed by atoms with E-state index in [1.54, 1.807) is 0 Å². The lowest BCUT2D eigenvalue weighted by molar-refractivity contribution is -0.298. The summed E-state index contributed by atoms with van der Waals surface area (Å²) in [6.45, 7) is 3.40. The van der Waals surface area contributed by atoms with Gasteiger partial charge >= 0.3 is 10.4 Å². The normalized spacial score (nSPS) is 19.5. The Labute approximate surface area is 442 Å². The highest BCUT2D eigenvalue weighted by Crippen LogP contribution is 2.26. The van der Waals surface area contributed by atoms with Crippen LogP contribution in [-0.4, -0.2) is 95.4 Å². The number of amides is 1. The molecule has 0 aliphatic carbocycles. The highest BCUT2D eigenvalue weighted by molar-refractivity contribution is 7.80. The second-order valence-corrected chi connectivity index (χ2v) is 22.3. The van der Waals surface area contributed by atoms with Crippen molar-refractivity contribution in [3.63, 3.8) is 0 Å². The topological polar surface area (TPSA) is 192 Å². The Balaban J connectivity index is 2.32. The summed E-state index contributed by atoms with van der Waals surface area (Å²) in [6.07, 6.45) is 51.8. The molecule has 1 saturated heterocycles. The summed E-state index contributed by atoms with van der Waals surface area (Å²) in [7, 11) is -5.08. The minimum atomic E-state index is -5.08. The van der Waals surface area contributed by atoms with E-state index in [2.05, 4.69) is 47.7 Å². The van der Waals surface area contributed by atoms with Crippen LogP contribution in [0, 0.1) is 0 Å². The Hall–Kier alpha value is -1.42. The molecule has 426 valence electrons. The molecule has 0 aromatic carbocycles. The number of carbonyl (C=O) groups excluding carboxylic acids is 1. The van der Waals surface area contributed by atoms with Gasteiger partial charge in [0.2, 0.25) is 5.91 Å². The van der Waals surface area contributed by atoms with Gasteiger partial charge in [-0.3, -0.25) is 9.35 Å². The van der Waals surface area contributed by atoms with Crippen LogP contribution >= 0.6 is 0 Å². The quantitative estimate of drug-likeness (QED) is 0.0193.